The van der Waals surface area contributed by atoms with Crippen LogP contribution in [0.4, 0.5) is 11.4 Å². The largest absolute Gasteiger partial charge is 0.398 e. The van der Waals surface area contributed by atoms with Crippen LogP contribution in [0.15, 0.2) is 48.5 Å². The lowest BCUT2D eigenvalue weighted by Crippen LogP contribution is -2.15. The van der Waals surface area contributed by atoms with Gasteiger partial charge in [0.1, 0.15) is 0 Å². The Kier molecular flexibility index (Phi) is 4.82. The Morgan fingerprint density at radius 2 is 1.71 bits per heavy atom. The van der Waals surface area contributed by atoms with E-state index in [2.05, 4.69) is 4.72 Å². The van der Waals surface area contributed by atoms with Crippen LogP contribution >= 0.6 is 0 Å². The van der Waals surface area contributed by atoms with E-state index in [0.717, 1.165) is 5.56 Å². The zero-order valence-corrected chi connectivity index (χ0v) is 12.3. The first-order valence-corrected chi connectivity index (χ1v) is 8.19. The van der Waals surface area contributed by atoms with Crippen molar-refractivity contribution < 1.29 is 13.5 Å². The average Bonchev–Trinajstić information content (AvgIpc) is 2.43. The molecule has 5 nitrogen and oxygen atoms in total. The Bertz CT molecular complexity index is 697. The van der Waals surface area contributed by atoms with Crippen molar-refractivity contribution in [1.29, 1.82) is 0 Å². The van der Waals surface area contributed by atoms with Crippen LogP contribution in [-0.2, 0) is 22.2 Å². The van der Waals surface area contributed by atoms with E-state index in [1.54, 1.807) is 48.5 Å². The second kappa shape index (κ2) is 6.60. The zero-order chi connectivity index (χ0) is 15.3. The molecule has 0 aliphatic rings. The van der Waals surface area contributed by atoms with Gasteiger partial charge in [-0.2, -0.15) is 0 Å². The van der Waals surface area contributed by atoms with Crippen LogP contribution < -0.4 is 10.5 Å². The van der Waals surface area contributed by atoms with Gasteiger partial charge in [-0.3, -0.25) is 4.72 Å². The number of aliphatic hydroxyl groups is 1. The van der Waals surface area contributed by atoms with Crippen molar-refractivity contribution in [2.45, 2.75) is 12.2 Å². The Balaban J connectivity index is 2.09. The molecular formula is C15H18N2O3S. The molecule has 0 aromatic heterocycles. The zero-order valence-electron chi connectivity index (χ0n) is 11.5. The molecule has 0 heterocycles. The number of sulfonamides is 1. The third-order valence-electron chi connectivity index (χ3n) is 3.03. The van der Waals surface area contributed by atoms with Gasteiger partial charge in [0.2, 0.25) is 10.0 Å². The van der Waals surface area contributed by atoms with Crippen molar-refractivity contribution in [3.05, 3.63) is 59.7 Å². The summed E-state index contributed by atoms with van der Waals surface area (Å²) in [4.78, 5) is 0. The second-order valence-corrected chi connectivity index (χ2v) is 6.45. The lowest BCUT2D eigenvalue weighted by atomic mass is 10.1. The molecule has 2 aromatic carbocycles. The quantitative estimate of drug-likeness (QED) is 0.709. The number of para-hydroxylation sites is 1. The maximum Gasteiger partial charge on any atom is 0.236 e. The predicted molar refractivity (Wildman–Crippen MR) is 84.3 cm³/mol. The molecule has 0 amide bonds. The molecule has 4 N–H and O–H groups in total. The molecule has 0 unspecified atom stereocenters. The molecule has 0 radical (unpaired) electrons. The van der Waals surface area contributed by atoms with E-state index in [-0.39, 0.29) is 12.4 Å². The number of nitrogens with two attached hydrogens (primary N) is 1. The summed E-state index contributed by atoms with van der Waals surface area (Å²) in [7, 11) is -3.51. The van der Waals surface area contributed by atoms with Gasteiger partial charge in [0.05, 0.1) is 5.75 Å². The number of hydrogen-bond acceptors (Lipinski definition) is 4. The molecule has 0 aliphatic heterocycles. The fourth-order valence-corrected chi connectivity index (χ4v) is 3.19. The summed E-state index contributed by atoms with van der Waals surface area (Å²) in [6.45, 7) is 0.0678. The van der Waals surface area contributed by atoms with E-state index in [4.69, 9.17) is 10.8 Å². The SMILES string of the molecule is Nc1ccccc1CS(=O)(=O)Nc1ccc(CCO)cc1. The minimum atomic E-state index is -3.51. The monoisotopic (exact) mass is 306 g/mol. The van der Waals surface area contributed by atoms with E-state index in [9.17, 15) is 8.42 Å². The van der Waals surface area contributed by atoms with Crippen LogP contribution in [0.2, 0.25) is 0 Å². The van der Waals surface area contributed by atoms with E-state index in [1.165, 1.54) is 0 Å². The summed E-state index contributed by atoms with van der Waals surface area (Å²) in [6.07, 6.45) is 0.549. The topological polar surface area (TPSA) is 92.4 Å². The minimum Gasteiger partial charge on any atom is -0.398 e. The highest BCUT2D eigenvalue weighted by molar-refractivity contribution is 7.91. The van der Waals surface area contributed by atoms with Crippen molar-refractivity contribution in [3.8, 4) is 0 Å². The molecule has 2 aromatic rings. The third-order valence-corrected chi connectivity index (χ3v) is 4.27. The van der Waals surface area contributed by atoms with Crippen LogP contribution in [0.25, 0.3) is 0 Å². The summed E-state index contributed by atoms with van der Waals surface area (Å²) in [5.41, 5.74) is 8.23. The van der Waals surface area contributed by atoms with Gasteiger partial charge in [-0.15, -0.1) is 0 Å². The maximum atomic E-state index is 12.1. The lowest BCUT2D eigenvalue weighted by molar-refractivity contribution is 0.299. The fraction of sp³-hybridized carbons (Fsp3) is 0.200. The van der Waals surface area contributed by atoms with Crippen molar-refractivity contribution in [3.63, 3.8) is 0 Å². The molecule has 0 fully saturated rings. The van der Waals surface area contributed by atoms with Gasteiger partial charge in [0.15, 0.2) is 0 Å². The first kappa shape index (κ1) is 15.3. The summed E-state index contributed by atoms with van der Waals surface area (Å²) >= 11 is 0. The van der Waals surface area contributed by atoms with Gasteiger partial charge in [-0.25, -0.2) is 8.42 Å². The fourth-order valence-electron chi connectivity index (χ4n) is 1.95. The lowest BCUT2D eigenvalue weighted by Gasteiger charge is -2.10. The third kappa shape index (κ3) is 4.47. The van der Waals surface area contributed by atoms with Gasteiger partial charge in [0, 0.05) is 18.0 Å². The highest BCUT2D eigenvalue weighted by Crippen LogP contribution is 2.17. The van der Waals surface area contributed by atoms with Gasteiger partial charge in [-0.05, 0) is 35.7 Å². The molecule has 0 aliphatic carbocycles. The van der Waals surface area contributed by atoms with Crippen molar-refractivity contribution in [2.24, 2.45) is 0 Å². The Hall–Kier alpha value is -2.05. The maximum absolute atomic E-state index is 12.1. The Labute approximate surface area is 124 Å². The van der Waals surface area contributed by atoms with Crippen LogP contribution in [0, 0.1) is 0 Å². The standard InChI is InChI=1S/C15H18N2O3S/c16-15-4-2-1-3-13(15)11-21(19,20)17-14-7-5-12(6-8-14)9-10-18/h1-8,17-18H,9-11,16H2. The predicted octanol–water partition coefficient (Wildman–Crippen LogP) is 1.75. The van der Waals surface area contributed by atoms with Gasteiger partial charge >= 0.3 is 0 Å². The van der Waals surface area contributed by atoms with E-state index in [1.807, 2.05) is 0 Å². The number of nitrogens with one attached hydrogen (secondary N) is 1. The summed E-state index contributed by atoms with van der Waals surface area (Å²) in [5, 5.41) is 8.84. The average molecular weight is 306 g/mol. The smallest absolute Gasteiger partial charge is 0.236 e. The number of rotatable bonds is 6. The number of nitrogen functional groups attached to an aromatic ring is 1. The molecular weight excluding hydrogens is 288 g/mol. The van der Waals surface area contributed by atoms with Crippen molar-refractivity contribution >= 4 is 21.4 Å². The molecule has 112 valence electrons. The Morgan fingerprint density at radius 3 is 2.33 bits per heavy atom. The molecule has 21 heavy (non-hydrogen) atoms. The number of benzene rings is 2. The summed E-state index contributed by atoms with van der Waals surface area (Å²) in [5.74, 6) is -0.169. The van der Waals surface area contributed by atoms with E-state index < -0.39 is 10.0 Å². The van der Waals surface area contributed by atoms with Gasteiger partial charge < -0.3 is 10.8 Å². The summed E-state index contributed by atoms with van der Waals surface area (Å²) in [6, 6.07) is 13.8. The van der Waals surface area contributed by atoms with Crippen molar-refractivity contribution in [2.75, 3.05) is 17.1 Å². The first-order valence-electron chi connectivity index (χ1n) is 6.54. The molecule has 2 rings (SSSR count). The van der Waals surface area contributed by atoms with Gasteiger partial charge in [0.25, 0.3) is 0 Å². The number of anilines is 2. The molecule has 6 heteroatoms. The van der Waals surface area contributed by atoms with E-state index >= 15 is 0 Å². The van der Waals surface area contributed by atoms with Gasteiger partial charge in [-0.1, -0.05) is 30.3 Å². The van der Waals surface area contributed by atoms with Crippen molar-refractivity contribution in [1.82, 2.24) is 0 Å². The molecule has 0 spiro atoms. The second-order valence-electron chi connectivity index (χ2n) is 4.73. The van der Waals surface area contributed by atoms with Crippen LogP contribution in [-0.4, -0.2) is 20.1 Å². The Morgan fingerprint density at radius 1 is 1.05 bits per heavy atom. The molecule has 0 saturated heterocycles. The molecule has 0 atom stereocenters. The highest BCUT2D eigenvalue weighted by Gasteiger charge is 2.13. The first-order chi connectivity index (χ1) is 10.00. The normalized spacial score (nSPS) is 11.3. The highest BCUT2D eigenvalue weighted by atomic mass is 32.2. The minimum absolute atomic E-state index is 0.0678. The van der Waals surface area contributed by atoms with Crippen LogP contribution in [0.1, 0.15) is 11.1 Å². The van der Waals surface area contributed by atoms with Crippen LogP contribution in [0.3, 0.4) is 0 Å². The summed E-state index contributed by atoms with van der Waals surface area (Å²) < 4.78 is 26.8. The van der Waals surface area contributed by atoms with E-state index in [0.29, 0.717) is 23.4 Å². The van der Waals surface area contributed by atoms with Crippen LogP contribution in [0.5, 0.6) is 0 Å². The number of hydrogen-bond donors (Lipinski definition) is 3. The number of aliphatic hydroxyl groups excluding tert-OH is 1. The molecule has 0 saturated carbocycles. The molecule has 0 bridgehead atoms.